The van der Waals surface area contributed by atoms with E-state index in [9.17, 15) is 14.0 Å². The van der Waals surface area contributed by atoms with Gasteiger partial charge in [0, 0.05) is 31.2 Å². The normalized spacial score (nSPS) is 21.9. The summed E-state index contributed by atoms with van der Waals surface area (Å²) >= 11 is 0. The molecule has 0 aromatic heterocycles. The van der Waals surface area contributed by atoms with Crippen LogP contribution >= 0.6 is 0 Å². The van der Waals surface area contributed by atoms with Gasteiger partial charge in [0.2, 0.25) is 5.91 Å². The van der Waals surface area contributed by atoms with Crippen LogP contribution in [0.4, 0.5) is 4.39 Å². The van der Waals surface area contributed by atoms with Gasteiger partial charge in [0.15, 0.2) is 5.96 Å². The molecule has 4 rings (SSSR count). The first-order chi connectivity index (χ1) is 16.6. The molecule has 2 aliphatic rings. The van der Waals surface area contributed by atoms with Gasteiger partial charge >= 0.3 is 0 Å². The molecular weight excluding hydrogens is 447 g/mol. The molecule has 3 N–H and O–H groups in total. The molecule has 0 spiro atoms. The van der Waals surface area contributed by atoms with Crippen LogP contribution in [0.5, 0.6) is 0 Å². The molecule has 1 aliphatic heterocycles. The van der Waals surface area contributed by atoms with Gasteiger partial charge in [-0.2, -0.15) is 0 Å². The summed E-state index contributed by atoms with van der Waals surface area (Å²) in [5, 5.41) is 14.6. The van der Waals surface area contributed by atoms with Crippen LogP contribution in [-0.2, 0) is 16.0 Å². The highest BCUT2D eigenvalue weighted by Crippen LogP contribution is 2.36. The van der Waals surface area contributed by atoms with Gasteiger partial charge in [-0.05, 0) is 67.5 Å². The standard InChI is InChI=1S/C27H33FN4O3/c1-16-11-17-7-5-6-8-21(17)24(16)30-25(34)19-12-18(13-20(28)14-19)22(9-10-35-4)32-23(33)15-27(2,3)31-26(32)29/h5-8,12-14,16,22,24H,9-11,15H2,1-4H3,(H2,29,31)(H,30,34)/t16-,22?,24-/m0/s1. The first-order valence-electron chi connectivity index (χ1n) is 12.0. The molecule has 2 amide bonds. The van der Waals surface area contributed by atoms with E-state index in [0.717, 1.165) is 12.0 Å². The Labute approximate surface area is 205 Å². The van der Waals surface area contributed by atoms with Gasteiger partial charge in [-0.3, -0.25) is 19.9 Å². The number of amides is 2. The fraction of sp³-hybridized carbons (Fsp3) is 0.444. The predicted octanol–water partition coefficient (Wildman–Crippen LogP) is 4.10. The molecular formula is C27H33FN4O3. The average molecular weight is 481 g/mol. The fourth-order valence-electron chi connectivity index (χ4n) is 5.19. The zero-order valence-electron chi connectivity index (χ0n) is 20.7. The molecule has 1 saturated heterocycles. The number of carbonyl (C=O) groups is 2. The Morgan fingerprint density at radius 1 is 1.31 bits per heavy atom. The Bertz CT molecular complexity index is 1130. The fourth-order valence-corrected chi connectivity index (χ4v) is 5.19. The van der Waals surface area contributed by atoms with Crippen molar-refractivity contribution in [3.05, 3.63) is 70.5 Å². The number of ether oxygens (including phenoxy) is 1. The van der Waals surface area contributed by atoms with E-state index in [1.165, 1.54) is 22.6 Å². The summed E-state index contributed by atoms with van der Waals surface area (Å²) in [6.07, 6.45) is 1.42. The van der Waals surface area contributed by atoms with Gasteiger partial charge < -0.3 is 15.4 Å². The highest BCUT2D eigenvalue weighted by atomic mass is 19.1. The molecule has 1 aliphatic carbocycles. The summed E-state index contributed by atoms with van der Waals surface area (Å²) in [7, 11) is 1.55. The first-order valence-corrected chi connectivity index (χ1v) is 12.0. The molecule has 7 nitrogen and oxygen atoms in total. The monoisotopic (exact) mass is 480 g/mol. The largest absolute Gasteiger partial charge is 0.385 e. The SMILES string of the molecule is COCCC(c1cc(F)cc(C(=O)N[C@@H]2c3ccccc3C[C@@H]2C)c1)N1C(=N)NC(C)(C)CC1=O. The summed E-state index contributed by atoms with van der Waals surface area (Å²) in [5.41, 5.74) is 2.39. The number of fused-ring (bicyclic) bond motifs is 1. The van der Waals surface area contributed by atoms with Crippen molar-refractivity contribution in [3.63, 3.8) is 0 Å². The molecule has 186 valence electrons. The first kappa shape index (κ1) is 24.9. The van der Waals surface area contributed by atoms with Gasteiger partial charge in [0.1, 0.15) is 5.82 Å². The molecule has 0 saturated carbocycles. The second-order valence-electron chi connectivity index (χ2n) is 10.2. The zero-order chi connectivity index (χ0) is 25.3. The van der Waals surface area contributed by atoms with Crippen LogP contribution in [0.1, 0.15) is 72.7 Å². The minimum atomic E-state index is -0.646. The highest BCUT2D eigenvalue weighted by Gasteiger charge is 2.39. The van der Waals surface area contributed by atoms with Gasteiger partial charge in [-0.15, -0.1) is 0 Å². The van der Waals surface area contributed by atoms with Crippen molar-refractivity contribution in [3.8, 4) is 0 Å². The Morgan fingerprint density at radius 3 is 2.77 bits per heavy atom. The van der Waals surface area contributed by atoms with Crippen LogP contribution in [0.15, 0.2) is 42.5 Å². The molecule has 1 fully saturated rings. The summed E-state index contributed by atoms with van der Waals surface area (Å²) in [6.45, 7) is 6.10. The smallest absolute Gasteiger partial charge is 0.251 e. The van der Waals surface area contributed by atoms with E-state index in [0.29, 0.717) is 18.6 Å². The third kappa shape index (κ3) is 5.22. The van der Waals surface area contributed by atoms with E-state index in [1.807, 2.05) is 32.0 Å². The average Bonchev–Trinajstić information content (AvgIpc) is 3.09. The predicted molar refractivity (Wildman–Crippen MR) is 132 cm³/mol. The molecule has 2 aromatic carbocycles. The molecule has 2 aromatic rings. The lowest BCUT2D eigenvalue weighted by molar-refractivity contribution is -0.132. The molecule has 0 bridgehead atoms. The Balaban J connectivity index is 1.63. The second kappa shape index (κ2) is 9.77. The molecule has 1 unspecified atom stereocenters. The number of nitrogens with zero attached hydrogens (tertiary/aromatic N) is 1. The Hall–Kier alpha value is -3.26. The van der Waals surface area contributed by atoms with Crippen molar-refractivity contribution in [2.75, 3.05) is 13.7 Å². The minimum Gasteiger partial charge on any atom is -0.385 e. The maximum atomic E-state index is 14.8. The minimum absolute atomic E-state index is 0.0426. The summed E-state index contributed by atoms with van der Waals surface area (Å²) in [5.74, 6) is -0.992. The molecule has 0 radical (unpaired) electrons. The van der Waals surface area contributed by atoms with Gasteiger partial charge in [-0.25, -0.2) is 4.39 Å². The highest BCUT2D eigenvalue weighted by molar-refractivity contribution is 5.99. The van der Waals surface area contributed by atoms with E-state index >= 15 is 0 Å². The number of guanidine groups is 1. The van der Waals surface area contributed by atoms with Crippen molar-refractivity contribution in [2.24, 2.45) is 5.92 Å². The third-order valence-corrected chi connectivity index (χ3v) is 6.82. The van der Waals surface area contributed by atoms with Crippen LogP contribution in [0, 0.1) is 17.1 Å². The third-order valence-electron chi connectivity index (χ3n) is 6.82. The van der Waals surface area contributed by atoms with Crippen molar-refractivity contribution in [1.82, 2.24) is 15.5 Å². The summed E-state index contributed by atoms with van der Waals surface area (Å²) in [6, 6.07) is 11.4. The lowest BCUT2D eigenvalue weighted by Crippen LogP contribution is -2.60. The number of halogens is 1. The number of benzene rings is 2. The van der Waals surface area contributed by atoms with Crippen LogP contribution in [-0.4, -0.2) is 41.9 Å². The van der Waals surface area contributed by atoms with E-state index < -0.39 is 17.4 Å². The van der Waals surface area contributed by atoms with E-state index in [4.69, 9.17) is 10.1 Å². The van der Waals surface area contributed by atoms with Crippen LogP contribution in [0.3, 0.4) is 0 Å². The quantitative estimate of drug-likeness (QED) is 0.556. The van der Waals surface area contributed by atoms with Gasteiger partial charge in [0.05, 0.1) is 12.1 Å². The number of nitrogens with one attached hydrogen (secondary N) is 3. The topological polar surface area (TPSA) is 94.5 Å². The second-order valence-corrected chi connectivity index (χ2v) is 10.2. The zero-order valence-corrected chi connectivity index (χ0v) is 20.7. The number of rotatable bonds is 7. The summed E-state index contributed by atoms with van der Waals surface area (Å²) in [4.78, 5) is 27.6. The molecule has 3 atom stereocenters. The molecule has 35 heavy (non-hydrogen) atoms. The van der Waals surface area contributed by atoms with Crippen molar-refractivity contribution in [2.45, 2.75) is 57.7 Å². The van der Waals surface area contributed by atoms with E-state index in [2.05, 4.69) is 23.6 Å². The number of carbonyl (C=O) groups excluding carboxylic acids is 2. The molecule has 8 heteroatoms. The lowest BCUT2D eigenvalue weighted by atomic mass is 9.93. The maximum Gasteiger partial charge on any atom is 0.251 e. The number of hydrogen-bond acceptors (Lipinski definition) is 4. The van der Waals surface area contributed by atoms with Gasteiger partial charge in [0.25, 0.3) is 5.91 Å². The van der Waals surface area contributed by atoms with E-state index in [-0.39, 0.29) is 41.7 Å². The summed E-state index contributed by atoms with van der Waals surface area (Å²) < 4.78 is 20.0. The van der Waals surface area contributed by atoms with Gasteiger partial charge in [-0.1, -0.05) is 31.2 Å². The van der Waals surface area contributed by atoms with Crippen molar-refractivity contribution in [1.29, 1.82) is 5.41 Å². The van der Waals surface area contributed by atoms with E-state index in [1.54, 1.807) is 13.2 Å². The Morgan fingerprint density at radius 2 is 2.06 bits per heavy atom. The number of methoxy groups -OCH3 is 1. The van der Waals surface area contributed by atoms with Crippen LogP contribution in [0.2, 0.25) is 0 Å². The van der Waals surface area contributed by atoms with Crippen LogP contribution in [0.25, 0.3) is 0 Å². The van der Waals surface area contributed by atoms with Crippen molar-refractivity contribution < 1.29 is 18.7 Å². The van der Waals surface area contributed by atoms with Crippen LogP contribution < -0.4 is 10.6 Å². The lowest BCUT2D eigenvalue weighted by Gasteiger charge is -2.42. The number of hydrogen-bond donors (Lipinski definition) is 3. The molecule has 1 heterocycles. The van der Waals surface area contributed by atoms with Crippen molar-refractivity contribution >= 4 is 17.8 Å². The Kier molecular flexibility index (Phi) is 6.94. The maximum absolute atomic E-state index is 14.8.